The fourth-order valence-electron chi connectivity index (χ4n) is 1.93. The van der Waals surface area contributed by atoms with Crippen molar-refractivity contribution in [2.75, 3.05) is 7.11 Å². The SMILES string of the molecule is COC(=O)[C@H](O)C(C)=Cc1cccc(Oc2ccccc2)c1. The first-order valence-electron chi connectivity index (χ1n) is 6.87. The van der Waals surface area contributed by atoms with Crippen LogP contribution < -0.4 is 4.74 Å². The van der Waals surface area contributed by atoms with E-state index in [9.17, 15) is 9.90 Å². The summed E-state index contributed by atoms with van der Waals surface area (Å²) in [7, 11) is 1.24. The molecular weight excluding hydrogens is 280 g/mol. The number of benzene rings is 2. The highest BCUT2D eigenvalue weighted by Gasteiger charge is 2.16. The van der Waals surface area contributed by atoms with Gasteiger partial charge in [-0.15, -0.1) is 0 Å². The minimum Gasteiger partial charge on any atom is -0.467 e. The van der Waals surface area contributed by atoms with E-state index < -0.39 is 12.1 Å². The molecule has 0 saturated heterocycles. The Balaban J connectivity index is 2.16. The number of para-hydroxylation sites is 1. The van der Waals surface area contributed by atoms with E-state index in [4.69, 9.17) is 4.74 Å². The molecule has 0 aliphatic heterocycles. The zero-order chi connectivity index (χ0) is 15.9. The van der Waals surface area contributed by atoms with Gasteiger partial charge in [-0.3, -0.25) is 0 Å². The molecule has 2 aromatic rings. The quantitative estimate of drug-likeness (QED) is 0.859. The van der Waals surface area contributed by atoms with E-state index in [0.717, 1.165) is 11.3 Å². The maximum Gasteiger partial charge on any atom is 0.339 e. The first-order valence-corrected chi connectivity index (χ1v) is 6.87. The molecule has 0 aromatic heterocycles. The van der Waals surface area contributed by atoms with Crippen LogP contribution in [-0.2, 0) is 9.53 Å². The molecule has 0 aliphatic rings. The van der Waals surface area contributed by atoms with Gasteiger partial charge in [0.1, 0.15) is 11.5 Å². The van der Waals surface area contributed by atoms with E-state index in [1.165, 1.54) is 7.11 Å². The number of carbonyl (C=O) groups excluding carboxylic acids is 1. The topological polar surface area (TPSA) is 55.8 Å². The van der Waals surface area contributed by atoms with Crippen LogP contribution in [0.5, 0.6) is 11.5 Å². The van der Waals surface area contributed by atoms with Gasteiger partial charge in [0, 0.05) is 0 Å². The van der Waals surface area contributed by atoms with Crippen LogP contribution in [0.4, 0.5) is 0 Å². The second-order valence-corrected chi connectivity index (χ2v) is 4.80. The Kier molecular flexibility index (Phi) is 5.33. The third-order valence-corrected chi connectivity index (χ3v) is 3.09. The summed E-state index contributed by atoms with van der Waals surface area (Å²) in [5.41, 5.74) is 1.33. The summed E-state index contributed by atoms with van der Waals surface area (Å²) in [4.78, 5) is 11.3. The minimum absolute atomic E-state index is 0.503. The average Bonchev–Trinajstić information content (AvgIpc) is 2.54. The van der Waals surface area contributed by atoms with Crippen molar-refractivity contribution in [2.24, 2.45) is 0 Å². The Morgan fingerprint density at radius 3 is 2.45 bits per heavy atom. The Labute approximate surface area is 129 Å². The summed E-state index contributed by atoms with van der Waals surface area (Å²) in [6, 6.07) is 16.9. The molecule has 2 aromatic carbocycles. The lowest BCUT2D eigenvalue weighted by Gasteiger charge is -2.09. The van der Waals surface area contributed by atoms with Gasteiger partial charge in [-0.1, -0.05) is 36.4 Å². The monoisotopic (exact) mass is 298 g/mol. The molecule has 4 heteroatoms. The first-order chi connectivity index (χ1) is 10.6. The summed E-state index contributed by atoms with van der Waals surface area (Å²) in [6.07, 6.45) is 0.461. The molecule has 0 aliphatic carbocycles. The van der Waals surface area contributed by atoms with Crippen molar-refractivity contribution >= 4 is 12.0 Å². The van der Waals surface area contributed by atoms with Crippen LogP contribution in [-0.4, -0.2) is 24.3 Å². The highest BCUT2D eigenvalue weighted by molar-refractivity contribution is 5.79. The van der Waals surface area contributed by atoms with E-state index in [0.29, 0.717) is 11.3 Å². The lowest BCUT2D eigenvalue weighted by molar-refractivity contribution is -0.148. The summed E-state index contributed by atoms with van der Waals surface area (Å²) in [5.74, 6) is 0.751. The van der Waals surface area contributed by atoms with Crippen LogP contribution in [0.25, 0.3) is 6.08 Å². The zero-order valence-electron chi connectivity index (χ0n) is 12.5. The van der Waals surface area contributed by atoms with Gasteiger partial charge in [-0.25, -0.2) is 4.79 Å². The third kappa shape index (κ3) is 4.20. The number of rotatable bonds is 5. The normalized spacial score (nSPS) is 12.6. The summed E-state index contributed by atoms with van der Waals surface area (Å²) < 4.78 is 10.3. The predicted octanol–water partition coefficient (Wildman–Crippen LogP) is 3.42. The smallest absolute Gasteiger partial charge is 0.339 e. The van der Waals surface area contributed by atoms with Crippen LogP contribution in [0.3, 0.4) is 0 Å². The van der Waals surface area contributed by atoms with E-state index in [1.54, 1.807) is 13.0 Å². The summed E-state index contributed by atoms with van der Waals surface area (Å²) >= 11 is 0. The molecule has 114 valence electrons. The van der Waals surface area contributed by atoms with Gasteiger partial charge in [-0.05, 0) is 42.3 Å². The second-order valence-electron chi connectivity index (χ2n) is 4.80. The van der Waals surface area contributed by atoms with Crippen molar-refractivity contribution in [1.29, 1.82) is 0 Å². The molecule has 1 atom stereocenters. The van der Waals surface area contributed by atoms with E-state index >= 15 is 0 Å². The van der Waals surface area contributed by atoms with E-state index in [-0.39, 0.29) is 0 Å². The molecule has 1 N–H and O–H groups in total. The predicted molar refractivity (Wildman–Crippen MR) is 84.6 cm³/mol. The Bertz CT molecular complexity index is 662. The first kappa shape index (κ1) is 15.8. The number of carbonyl (C=O) groups is 1. The highest BCUT2D eigenvalue weighted by atomic mass is 16.5. The van der Waals surface area contributed by atoms with Gasteiger partial charge in [0.25, 0.3) is 0 Å². The van der Waals surface area contributed by atoms with Crippen molar-refractivity contribution in [3.05, 3.63) is 65.7 Å². The molecule has 2 rings (SSSR count). The van der Waals surface area contributed by atoms with Crippen LogP contribution in [0.1, 0.15) is 12.5 Å². The number of hydrogen-bond donors (Lipinski definition) is 1. The van der Waals surface area contributed by atoms with Crippen molar-refractivity contribution in [3.63, 3.8) is 0 Å². The van der Waals surface area contributed by atoms with Gasteiger partial charge in [0.05, 0.1) is 7.11 Å². The molecule has 0 heterocycles. The van der Waals surface area contributed by atoms with Gasteiger partial charge in [-0.2, -0.15) is 0 Å². The standard InChI is InChI=1S/C18H18O4/c1-13(17(19)18(20)21-2)11-14-7-6-10-16(12-14)22-15-8-4-3-5-9-15/h3-12,17,19H,1-2H3/t17-/m1/s1. The lowest BCUT2D eigenvalue weighted by Crippen LogP contribution is -2.22. The van der Waals surface area contributed by atoms with Crippen LogP contribution in [0, 0.1) is 0 Å². The van der Waals surface area contributed by atoms with Crippen molar-refractivity contribution < 1.29 is 19.4 Å². The molecule has 22 heavy (non-hydrogen) atoms. The van der Waals surface area contributed by atoms with Gasteiger partial charge in [0.2, 0.25) is 0 Å². The molecule has 0 radical (unpaired) electrons. The minimum atomic E-state index is -1.26. The van der Waals surface area contributed by atoms with Gasteiger partial charge >= 0.3 is 5.97 Å². The molecule has 0 bridgehead atoms. The number of ether oxygens (including phenoxy) is 2. The fourth-order valence-corrected chi connectivity index (χ4v) is 1.93. The van der Waals surface area contributed by atoms with E-state index in [1.807, 2.05) is 54.6 Å². The summed E-state index contributed by atoms with van der Waals surface area (Å²) in [5, 5.41) is 9.78. The van der Waals surface area contributed by atoms with E-state index in [2.05, 4.69) is 4.74 Å². The molecule has 0 amide bonds. The number of hydrogen-bond acceptors (Lipinski definition) is 4. The second kappa shape index (κ2) is 7.43. The van der Waals surface area contributed by atoms with Gasteiger partial charge in [0.15, 0.2) is 6.10 Å². The van der Waals surface area contributed by atoms with Crippen LogP contribution in [0.15, 0.2) is 60.2 Å². The van der Waals surface area contributed by atoms with Gasteiger partial charge < -0.3 is 14.6 Å². The number of esters is 1. The third-order valence-electron chi connectivity index (χ3n) is 3.09. The van der Waals surface area contributed by atoms with Crippen molar-refractivity contribution in [1.82, 2.24) is 0 Å². The molecule has 0 fully saturated rings. The number of aliphatic hydroxyl groups is 1. The molecule has 0 spiro atoms. The Hall–Kier alpha value is -2.59. The summed E-state index contributed by atoms with van der Waals surface area (Å²) in [6.45, 7) is 1.67. The average molecular weight is 298 g/mol. The van der Waals surface area contributed by atoms with Crippen molar-refractivity contribution in [3.8, 4) is 11.5 Å². The molecule has 4 nitrogen and oxygen atoms in total. The lowest BCUT2D eigenvalue weighted by atomic mass is 10.1. The Morgan fingerprint density at radius 1 is 1.09 bits per heavy atom. The molecular formula is C18H18O4. The maximum atomic E-state index is 11.3. The maximum absolute atomic E-state index is 11.3. The molecule has 0 unspecified atom stereocenters. The number of methoxy groups -OCH3 is 1. The number of aliphatic hydroxyl groups excluding tert-OH is 1. The van der Waals surface area contributed by atoms with Crippen LogP contribution in [0.2, 0.25) is 0 Å². The Morgan fingerprint density at radius 2 is 1.77 bits per heavy atom. The molecule has 0 saturated carbocycles. The van der Waals surface area contributed by atoms with Crippen LogP contribution >= 0.6 is 0 Å². The van der Waals surface area contributed by atoms with Crippen molar-refractivity contribution in [2.45, 2.75) is 13.0 Å². The fraction of sp³-hybridized carbons (Fsp3) is 0.167. The largest absolute Gasteiger partial charge is 0.467 e. The highest BCUT2D eigenvalue weighted by Crippen LogP contribution is 2.23. The zero-order valence-corrected chi connectivity index (χ0v) is 12.5.